The quantitative estimate of drug-likeness (QED) is 0.756. The highest BCUT2D eigenvalue weighted by molar-refractivity contribution is 5.42. The van der Waals surface area contributed by atoms with Crippen LogP contribution in [0.25, 0.3) is 0 Å². The van der Waals surface area contributed by atoms with E-state index < -0.39 is 0 Å². The fourth-order valence-corrected chi connectivity index (χ4v) is 2.07. The Balaban J connectivity index is 2.17. The van der Waals surface area contributed by atoms with Gasteiger partial charge < -0.3 is 20.5 Å². The maximum atomic E-state index is 9.22. The van der Waals surface area contributed by atoms with Gasteiger partial charge in [0.2, 0.25) is 0 Å². The molecule has 94 valence electrons. The topological polar surface area (TPSA) is 84.5 Å². The normalized spacial score (nSPS) is 23.7. The second-order valence-corrected chi connectivity index (χ2v) is 4.88. The van der Waals surface area contributed by atoms with Crippen molar-refractivity contribution in [3.8, 4) is 0 Å². The average molecular weight is 238 g/mol. The van der Waals surface area contributed by atoms with Gasteiger partial charge in [0.1, 0.15) is 5.82 Å². The molecule has 1 aromatic rings. The van der Waals surface area contributed by atoms with Crippen LogP contribution in [0.4, 0.5) is 11.6 Å². The van der Waals surface area contributed by atoms with E-state index in [9.17, 15) is 5.11 Å². The highest BCUT2D eigenvalue weighted by Crippen LogP contribution is 2.24. The van der Waals surface area contributed by atoms with Crippen molar-refractivity contribution in [3.05, 3.63) is 12.1 Å². The number of nitrogens with two attached hydrogens (primary N) is 1. The van der Waals surface area contributed by atoms with Gasteiger partial charge in [0.25, 0.3) is 0 Å². The molecule has 1 aromatic heterocycles. The van der Waals surface area contributed by atoms with Gasteiger partial charge in [-0.15, -0.1) is 10.2 Å². The zero-order chi connectivity index (χ0) is 12.5. The Hall–Kier alpha value is -1.40. The summed E-state index contributed by atoms with van der Waals surface area (Å²) in [4.78, 5) is 2.05. The summed E-state index contributed by atoms with van der Waals surface area (Å²) in [5, 5.41) is 17.1. The molecule has 0 spiro atoms. The van der Waals surface area contributed by atoms with E-state index in [0.29, 0.717) is 18.9 Å². The van der Waals surface area contributed by atoms with E-state index in [1.165, 1.54) is 0 Å². The van der Waals surface area contributed by atoms with E-state index >= 15 is 0 Å². The molecular weight excluding hydrogens is 220 g/mol. The lowest BCUT2D eigenvalue weighted by Gasteiger charge is -2.42. The second-order valence-electron chi connectivity index (χ2n) is 4.88. The summed E-state index contributed by atoms with van der Waals surface area (Å²) in [7, 11) is 0. The summed E-state index contributed by atoms with van der Waals surface area (Å²) in [5.41, 5.74) is 5.20. The Morgan fingerprint density at radius 3 is 2.88 bits per heavy atom. The average Bonchev–Trinajstić information content (AvgIpc) is 2.27. The van der Waals surface area contributed by atoms with E-state index in [2.05, 4.69) is 15.1 Å². The van der Waals surface area contributed by atoms with Crippen molar-refractivity contribution < 1.29 is 9.84 Å². The number of aliphatic hydroxyl groups is 1. The molecule has 0 bridgehead atoms. The smallest absolute Gasteiger partial charge is 0.151 e. The highest BCUT2D eigenvalue weighted by Gasteiger charge is 2.33. The molecule has 1 aliphatic rings. The van der Waals surface area contributed by atoms with Crippen molar-refractivity contribution in [2.24, 2.45) is 0 Å². The van der Waals surface area contributed by atoms with Crippen LogP contribution in [0.5, 0.6) is 0 Å². The fourth-order valence-electron chi connectivity index (χ4n) is 2.07. The minimum atomic E-state index is -0.311. The van der Waals surface area contributed by atoms with Crippen LogP contribution in [0.3, 0.4) is 0 Å². The van der Waals surface area contributed by atoms with Crippen LogP contribution >= 0.6 is 0 Å². The first-order valence-electron chi connectivity index (χ1n) is 5.63. The van der Waals surface area contributed by atoms with Crippen molar-refractivity contribution in [1.29, 1.82) is 0 Å². The number of hydrogen-bond acceptors (Lipinski definition) is 6. The van der Waals surface area contributed by atoms with Gasteiger partial charge in [0.15, 0.2) is 5.82 Å². The van der Waals surface area contributed by atoms with Crippen LogP contribution in [-0.2, 0) is 4.74 Å². The zero-order valence-electron chi connectivity index (χ0n) is 10.1. The lowest BCUT2D eigenvalue weighted by Crippen LogP contribution is -2.54. The number of anilines is 2. The molecular formula is C11H18N4O2. The van der Waals surface area contributed by atoms with Gasteiger partial charge in [0.05, 0.1) is 18.3 Å². The van der Waals surface area contributed by atoms with Gasteiger partial charge in [-0.3, -0.25) is 0 Å². The number of rotatable bonds is 2. The van der Waals surface area contributed by atoms with E-state index in [0.717, 1.165) is 5.82 Å². The van der Waals surface area contributed by atoms with Crippen molar-refractivity contribution in [2.75, 3.05) is 30.3 Å². The molecule has 0 saturated carbocycles. The number of nitrogen functional groups attached to an aromatic ring is 1. The monoisotopic (exact) mass is 238 g/mol. The van der Waals surface area contributed by atoms with Gasteiger partial charge in [-0.25, -0.2) is 0 Å². The molecule has 0 aromatic carbocycles. The van der Waals surface area contributed by atoms with E-state index in [1.807, 2.05) is 19.9 Å². The minimum absolute atomic E-state index is 0.00231. The molecule has 6 nitrogen and oxygen atoms in total. The SMILES string of the molecule is CC1(C)CN(c2ccc(N)nn2)CC(CO)O1. The Morgan fingerprint density at radius 2 is 2.29 bits per heavy atom. The molecule has 6 heteroatoms. The number of nitrogens with zero attached hydrogens (tertiary/aromatic N) is 3. The molecule has 1 fully saturated rings. The minimum Gasteiger partial charge on any atom is -0.394 e. The largest absolute Gasteiger partial charge is 0.394 e. The lowest BCUT2D eigenvalue weighted by molar-refractivity contribution is -0.101. The van der Waals surface area contributed by atoms with Crippen LogP contribution in [-0.4, -0.2) is 46.7 Å². The Kier molecular flexibility index (Phi) is 3.17. The van der Waals surface area contributed by atoms with Gasteiger partial charge in [0, 0.05) is 13.1 Å². The van der Waals surface area contributed by atoms with Crippen LogP contribution < -0.4 is 10.6 Å². The van der Waals surface area contributed by atoms with Crippen LogP contribution in [0.2, 0.25) is 0 Å². The summed E-state index contributed by atoms with van der Waals surface area (Å²) in [6.45, 7) is 5.31. The van der Waals surface area contributed by atoms with Crippen molar-refractivity contribution in [1.82, 2.24) is 10.2 Å². The van der Waals surface area contributed by atoms with Gasteiger partial charge in [-0.2, -0.15) is 0 Å². The number of morpholine rings is 1. The Bertz CT molecular complexity index is 380. The third-order valence-corrected chi connectivity index (χ3v) is 2.68. The summed E-state index contributed by atoms with van der Waals surface area (Å²) in [5.74, 6) is 1.16. The van der Waals surface area contributed by atoms with Gasteiger partial charge in [-0.1, -0.05) is 0 Å². The third-order valence-electron chi connectivity index (χ3n) is 2.68. The molecule has 2 rings (SSSR count). The molecule has 0 amide bonds. The zero-order valence-corrected chi connectivity index (χ0v) is 10.1. The summed E-state index contributed by atoms with van der Waals surface area (Å²) >= 11 is 0. The van der Waals surface area contributed by atoms with E-state index in [4.69, 9.17) is 10.5 Å². The molecule has 0 radical (unpaired) electrons. The molecule has 3 N–H and O–H groups in total. The summed E-state index contributed by atoms with van der Waals surface area (Å²) < 4.78 is 5.73. The Labute approximate surface area is 100 Å². The molecule has 1 saturated heterocycles. The number of ether oxygens (including phenoxy) is 1. The van der Waals surface area contributed by atoms with Crippen molar-refractivity contribution in [3.63, 3.8) is 0 Å². The van der Waals surface area contributed by atoms with Gasteiger partial charge in [-0.05, 0) is 26.0 Å². The lowest BCUT2D eigenvalue weighted by atomic mass is 10.1. The number of aliphatic hydroxyl groups excluding tert-OH is 1. The molecule has 1 aliphatic heterocycles. The number of hydrogen-bond donors (Lipinski definition) is 2. The van der Waals surface area contributed by atoms with Crippen LogP contribution in [0, 0.1) is 0 Å². The van der Waals surface area contributed by atoms with Crippen molar-refractivity contribution >= 4 is 11.6 Å². The summed E-state index contributed by atoms with van der Waals surface area (Å²) in [6, 6.07) is 3.55. The Morgan fingerprint density at radius 1 is 1.53 bits per heavy atom. The van der Waals surface area contributed by atoms with E-state index in [-0.39, 0.29) is 18.3 Å². The molecule has 0 aliphatic carbocycles. The maximum Gasteiger partial charge on any atom is 0.151 e. The van der Waals surface area contributed by atoms with Gasteiger partial charge >= 0.3 is 0 Å². The third kappa shape index (κ3) is 2.83. The maximum absolute atomic E-state index is 9.22. The van der Waals surface area contributed by atoms with Crippen LogP contribution in [0.1, 0.15) is 13.8 Å². The fraction of sp³-hybridized carbons (Fsp3) is 0.636. The first-order chi connectivity index (χ1) is 8.00. The first kappa shape index (κ1) is 12.1. The molecule has 17 heavy (non-hydrogen) atoms. The molecule has 1 atom stereocenters. The summed E-state index contributed by atoms with van der Waals surface area (Å²) in [6.07, 6.45) is -0.196. The van der Waals surface area contributed by atoms with E-state index in [1.54, 1.807) is 6.07 Å². The molecule has 2 heterocycles. The second kappa shape index (κ2) is 4.46. The first-order valence-corrected chi connectivity index (χ1v) is 5.63. The number of aromatic nitrogens is 2. The predicted molar refractivity (Wildman–Crippen MR) is 64.7 cm³/mol. The highest BCUT2D eigenvalue weighted by atomic mass is 16.5. The standard InChI is InChI=1S/C11H18N4O2/c1-11(2)7-15(5-8(6-16)17-11)10-4-3-9(12)13-14-10/h3-4,8,16H,5-7H2,1-2H3,(H2,12,13). The molecule has 1 unspecified atom stereocenters. The van der Waals surface area contributed by atoms with Crippen molar-refractivity contribution in [2.45, 2.75) is 25.6 Å². The van der Waals surface area contributed by atoms with Crippen LogP contribution in [0.15, 0.2) is 12.1 Å². The predicted octanol–water partition coefficient (Wildman–Crippen LogP) is 0.0349.